The van der Waals surface area contributed by atoms with E-state index in [-0.39, 0.29) is 6.04 Å². The monoisotopic (exact) mass is 340 g/mol. The Kier molecular flexibility index (Phi) is 6.44. The standard InChI is InChI=1S/C17H28N2O3S/c1-13(2)9-11-22-16-4-6-17(7-5-16)23(20,21)19-15-8-10-18-14(3)12-15/h4-7,13-15,18-19H,8-12H2,1-3H3. The Labute approximate surface area is 139 Å². The van der Waals surface area contributed by atoms with Crippen LogP contribution >= 0.6 is 0 Å². The van der Waals surface area contributed by atoms with Gasteiger partial charge in [-0.3, -0.25) is 0 Å². The molecule has 2 N–H and O–H groups in total. The SMILES string of the molecule is CC(C)CCOc1ccc(S(=O)(=O)NC2CCNC(C)C2)cc1. The summed E-state index contributed by atoms with van der Waals surface area (Å²) >= 11 is 0. The number of rotatable bonds is 7. The lowest BCUT2D eigenvalue weighted by Crippen LogP contribution is -2.46. The van der Waals surface area contributed by atoms with Gasteiger partial charge in [-0.15, -0.1) is 0 Å². The molecular weight excluding hydrogens is 312 g/mol. The van der Waals surface area contributed by atoms with Gasteiger partial charge in [0.2, 0.25) is 10.0 Å². The minimum atomic E-state index is -3.47. The predicted molar refractivity (Wildman–Crippen MR) is 92.2 cm³/mol. The Morgan fingerprint density at radius 1 is 1.30 bits per heavy atom. The van der Waals surface area contributed by atoms with Crippen LogP contribution in [0.2, 0.25) is 0 Å². The van der Waals surface area contributed by atoms with Crippen LogP contribution in [-0.4, -0.2) is 33.7 Å². The Morgan fingerprint density at radius 3 is 2.61 bits per heavy atom. The van der Waals surface area contributed by atoms with E-state index in [4.69, 9.17) is 4.74 Å². The minimum absolute atomic E-state index is 0.00165. The topological polar surface area (TPSA) is 67.4 Å². The van der Waals surface area contributed by atoms with Gasteiger partial charge in [-0.25, -0.2) is 13.1 Å². The van der Waals surface area contributed by atoms with Crippen molar-refractivity contribution in [2.75, 3.05) is 13.2 Å². The average Bonchev–Trinajstić information content (AvgIpc) is 2.47. The van der Waals surface area contributed by atoms with Crippen molar-refractivity contribution in [3.63, 3.8) is 0 Å². The van der Waals surface area contributed by atoms with E-state index in [1.54, 1.807) is 24.3 Å². The van der Waals surface area contributed by atoms with Crippen molar-refractivity contribution in [3.8, 4) is 5.75 Å². The molecule has 2 atom stereocenters. The van der Waals surface area contributed by atoms with Crippen molar-refractivity contribution in [1.29, 1.82) is 0 Å². The first-order valence-corrected chi connectivity index (χ1v) is 9.83. The second-order valence-corrected chi connectivity index (χ2v) is 8.41. The molecule has 0 spiro atoms. The van der Waals surface area contributed by atoms with Crippen LogP contribution in [0.25, 0.3) is 0 Å². The molecule has 2 unspecified atom stereocenters. The molecule has 1 fully saturated rings. The molecule has 1 aromatic carbocycles. The number of nitrogens with one attached hydrogen (secondary N) is 2. The van der Waals surface area contributed by atoms with E-state index in [0.717, 1.165) is 25.8 Å². The van der Waals surface area contributed by atoms with Gasteiger partial charge in [-0.1, -0.05) is 13.8 Å². The lowest BCUT2D eigenvalue weighted by Gasteiger charge is -2.28. The molecule has 130 valence electrons. The highest BCUT2D eigenvalue weighted by Crippen LogP contribution is 2.18. The fraction of sp³-hybridized carbons (Fsp3) is 0.647. The van der Waals surface area contributed by atoms with Crippen molar-refractivity contribution in [1.82, 2.24) is 10.0 Å². The lowest BCUT2D eigenvalue weighted by molar-refractivity contribution is 0.289. The molecule has 1 aliphatic rings. The van der Waals surface area contributed by atoms with E-state index >= 15 is 0 Å². The van der Waals surface area contributed by atoms with Crippen LogP contribution in [0.5, 0.6) is 5.75 Å². The predicted octanol–water partition coefficient (Wildman–Crippen LogP) is 2.53. The molecule has 1 aromatic rings. The zero-order valence-corrected chi connectivity index (χ0v) is 15.0. The molecule has 0 radical (unpaired) electrons. The van der Waals surface area contributed by atoms with E-state index in [0.29, 0.717) is 29.2 Å². The van der Waals surface area contributed by atoms with Gasteiger partial charge in [-0.2, -0.15) is 0 Å². The summed E-state index contributed by atoms with van der Waals surface area (Å²) < 4.78 is 33.3. The highest BCUT2D eigenvalue weighted by molar-refractivity contribution is 7.89. The van der Waals surface area contributed by atoms with Crippen LogP contribution in [0.4, 0.5) is 0 Å². The number of piperidine rings is 1. The Morgan fingerprint density at radius 2 is 2.00 bits per heavy atom. The van der Waals surface area contributed by atoms with Crippen molar-refractivity contribution in [2.45, 2.75) is 57.0 Å². The van der Waals surface area contributed by atoms with Crippen LogP contribution in [-0.2, 0) is 10.0 Å². The van der Waals surface area contributed by atoms with Crippen molar-refractivity contribution < 1.29 is 13.2 Å². The zero-order valence-electron chi connectivity index (χ0n) is 14.2. The molecular formula is C17H28N2O3S. The normalized spacial score (nSPS) is 22.3. The molecule has 5 nitrogen and oxygen atoms in total. The fourth-order valence-corrected chi connectivity index (χ4v) is 3.94. The molecule has 0 amide bonds. The van der Waals surface area contributed by atoms with Gasteiger partial charge in [0.1, 0.15) is 5.75 Å². The molecule has 0 aromatic heterocycles. The minimum Gasteiger partial charge on any atom is -0.494 e. The summed E-state index contributed by atoms with van der Waals surface area (Å²) in [7, 11) is -3.47. The zero-order chi connectivity index (χ0) is 16.9. The van der Waals surface area contributed by atoms with Gasteiger partial charge >= 0.3 is 0 Å². The number of ether oxygens (including phenoxy) is 1. The second kappa shape index (κ2) is 8.13. The van der Waals surface area contributed by atoms with Crippen molar-refractivity contribution in [2.24, 2.45) is 5.92 Å². The third-order valence-corrected chi connectivity index (χ3v) is 5.58. The number of benzene rings is 1. The molecule has 1 saturated heterocycles. The molecule has 1 aliphatic heterocycles. The Hall–Kier alpha value is -1.11. The number of hydrogen-bond acceptors (Lipinski definition) is 4. The van der Waals surface area contributed by atoms with Crippen LogP contribution < -0.4 is 14.8 Å². The first-order valence-electron chi connectivity index (χ1n) is 8.35. The second-order valence-electron chi connectivity index (χ2n) is 6.70. The molecule has 2 rings (SSSR count). The van der Waals surface area contributed by atoms with Gasteiger partial charge in [-0.05, 0) is 62.9 Å². The molecule has 1 heterocycles. The summed E-state index contributed by atoms with van der Waals surface area (Å²) in [6, 6.07) is 7.00. The summed E-state index contributed by atoms with van der Waals surface area (Å²) in [4.78, 5) is 0.292. The molecule has 23 heavy (non-hydrogen) atoms. The maximum Gasteiger partial charge on any atom is 0.240 e. The highest BCUT2D eigenvalue weighted by Gasteiger charge is 2.24. The van der Waals surface area contributed by atoms with Gasteiger partial charge in [0.25, 0.3) is 0 Å². The Bertz CT molecular complexity index is 584. The average molecular weight is 340 g/mol. The van der Waals surface area contributed by atoms with Crippen LogP contribution in [0.3, 0.4) is 0 Å². The third-order valence-electron chi connectivity index (χ3n) is 4.04. The molecule has 0 bridgehead atoms. The van der Waals surface area contributed by atoms with Gasteiger partial charge < -0.3 is 10.1 Å². The number of hydrogen-bond donors (Lipinski definition) is 2. The van der Waals surface area contributed by atoms with Crippen molar-refractivity contribution in [3.05, 3.63) is 24.3 Å². The number of sulfonamides is 1. The fourth-order valence-electron chi connectivity index (χ4n) is 2.65. The largest absolute Gasteiger partial charge is 0.494 e. The molecule has 0 saturated carbocycles. The van der Waals surface area contributed by atoms with E-state index in [9.17, 15) is 8.42 Å². The van der Waals surface area contributed by atoms with Crippen molar-refractivity contribution >= 4 is 10.0 Å². The van der Waals surface area contributed by atoms with E-state index < -0.39 is 10.0 Å². The summed E-state index contributed by atoms with van der Waals surface area (Å²) in [6.07, 6.45) is 2.62. The highest BCUT2D eigenvalue weighted by atomic mass is 32.2. The first-order chi connectivity index (χ1) is 10.9. The van der Waals surface area contributed by atoms with E-state index in [2.05, 4.69) is 30.8 Å². The maximum atomic E-state index is 12.4. The van der Waals surface area contributed by atoms with Crippen LogP contribution in [0, 0.1) is 5.92 Å². The summed E-state index contributed by atoms with van der Waals surface area (Å²) in [5.74, 6) is 1.30. The van der Waals surface area contributed by atoms with Crippen LogP contribution in [0.15, 0.2) is 29.2 Å². The lowest BCUT2D eigenvalue weighted by atomic mass is 10.0. The maximum absolute atomic E-state index is 12.4. The first kappa shape index (κ1) is 18.2. The quantitative estimate of drug-likeness (QED) is 0.800. The third kappa shape index (κ3) is 5.79. The molecule has 0 aliphatic carbocycles. The van der Waals surface area contributed by atoms with E-state index in [1.165, 1.54) is 0 Å². The van der Waals surface area contributed by atoms with Gasteiger partial charge in [0.05, 0.1) is 11.5 Å². The molecule has 6 heteroatoms. The van der Waals surface area contributed by atoms with Crippen LogP contribution in [0.1, 0.15) is 40.0 Å². The van der Waals surface area contributed by atoms with E-state index in [1.807, 2.05) is 0 Å². The summed E-state index contributed by atoms with van der Waals surface area (Å²) in [6.45, 7) is 7.86. The van der Waals surface area contributed by atoms with Gasteiger partial charge in [0.15, 0.2) is 0 Å². The summed E-state index contributed by atoms with van der Waals surface area (Å²) in [5.41, 5.74) is 0. The smallest absolute Gasteiger partial charge is 0.240 e. The summed E-state index contributed by atoms with van der Waals surface area (Å²) in [5, 5.41) is 3.32. The Balaban J connectivity index is 1.94. The van der Waals surface area contributed by atoms with Gasteiger partial charge in [0, 0.05) is 12.1 Å².